The summed E-state index contributed by atoms with van der Waals surface area (Å²) in [7, 11) is 1.66. The summed E-state index contributed by atoms with van der Waals surface area (Å²) in [5, 5.41) is 0.880. The summed E-state index contributed by atoms with van der Waals surface area (Å²) in [4.78, 5) is 6.37. The van der Waals surface area contributed by atoms with Crippen LogP contribution in [0.1, 0.15) is 13.8 Å². The Kier molecular flexibility index (Phi) is 5.95. The van der Waals surface area contributed by atoms with Crippen molar-refractivity contribution in [2.24, 2.45) is 5.84 Å². The van der Waals surface area contributed by atoms with Gasteiger partial charge in [0.05, 0.1) is 16.7 Å². The van der Waals surface area contributed by atoms with Gasteiger partial charge in [0.25, 0.3) is 0 Å². The van der Waals surface area contributed by atoms with Crippen molar-refractivity contribution >= 4 is 34.8 Å². The molecule has 0 fully saturated rings. The van der Waals surface area contributed by atoms with Crippen molar-refractivity contribution in [3.05, 3.63) is 16.1 Å². The van der Waals surface area contributed by atoms with Crippen LogP contribution in [0.5, 0.6) is 0 Å². The normalized spacial score (nSPS) is 10.8. The van der Waals surface area contributed by atoms with E-state index in [9.17, 15) is 0 Å². The molecule has 0 atom stereocenters. The van der Waals surface area contributed by atoms with Crippen molar-refractivity contribution in [2.75, 3.05) is 30.6 Å². The fourth-order valence-corrected chi connectivity index (χ4v) is 2.08. The van der Waals surface area contributed by atoms with Gasteiger partial charge in [0.1, 0.15) is 5.82 Å². The van der Waals surface area contributed by atoms with Gasteiger partial charge in [0, 0.05) is 19.7 Å². The van der Waals surface area contributed by atoms with Crippen LogP contribution < -0.4 is 16.2 Å². The molecule has 0 bridgehead atoms. The van der Waals surface area contributed by atoms with Crippen molar-refractivity contribution < 1.29 is 4.74 Å². The number of methoxy groups -OCH3 is 1. The van der Waals surface area contributed by atoms with Crippen LogP contribution in [-0.4, -0.2) is 31.3 Å². The highest BCUT2D eigenvalue weighted by molar-refractivity contribution is 6.37. The van der Waals surface area contributed by atoms with Gasteiger partial charge >= 0.3 is 0 Å². The number of hydrogen-bond donors (Lipinski definition) is 2. The molecule has 0 aromatic carbocycles. The quantitative estimate of drug-likeness (QED) is 0.623. The fraction of sp³-hybridized carbons (Fsp3) is 0.545. The molecule has 0 aliphatic rings. The third-order valence-electron chi connectivity index (χ3n) is 2.48. The van der Waals surface area contributed by atoms with Crippen LogP contribution in [0.3, 0.4) is 0 Å². The second-order valence-corrected chi connectivity index (χ2v) is 4.86. The van der Waals surface area contributed by atoms with E-state index in [0.717, 1.165) is 0 Å². The van der Waals surface area contributed by atoms with Crippen molar-refractivity contribution in [1.82, 2.24) is 4.98 Å². The third kappa shape index (κ3) is 3.62. The largest absolute Gasteiger partial charge is 0.383 e. The maximum Gasteiger partial charge on any atom is 0.161 e. The smallest absolute Gasteiger partial charge is 0.161 e. The van der Waals surface area contributed by atoms with E-state index in [1.807, 2.05) is 4.90 Å². The predicted octanol–water partition coefficient (Wildman–Crippen LogP) is 2.54. The average molecular weight is 293 g/mol. The molecule has 1 heterocycles. The van der Waals surface area contributed by atoms with Gasteiger partial charge in [-0.05, 0) is 19.9 Å². The highest BCUT2D eigenvalue weighted by Crippen LogP contribution is 2.31. The predicted molar refractivity (Wildman–Crippen MR) is 76.4 cm³/mol. The minimum Gasteiger partial charge on any atom is -0.383 e. The first kappa shape index (κ1) is 15.3. The maximum atomic E-state index is 6.18. The van der Waals surface area contributed by atoms with Crippen LogP contribution in [0.4, 0.5) is 11.6 Å². The number of nitrogen functional groups attached to an aromatic ring is 1. The molecule has 3 N–H and O–H groups in total. The first-order valence-electron chi connectivity index (χ1n) is 5.59. The lowest BCUT2D eigenvalue weighted by Gasteiger charge is -2.28. The van der Waals surface area contributed by atoms with Crippen molar-refractivity contribution in [3.8, 4) is 0 Å². The van der Waals surface area contributed by atoms with Gasteiger partial charge in [-0.1, -0.05) is 23.2 Å². The minimum absolute atomic E-state index is 0.233. The van der Waals surface area contributed by atoms with E-state index in [1.165, 1.54) is 0 Å². The second kappa shape index (κ2) is 6.99. The maximum absolute atomic E-state index is 6.18. The lowest BCUT2D eigenvalue weighted by molar-refractivity contribution is 0.203. The van der Waals surface area contributed by atoms with Crippen LogP contribution in [0.15, 0.2) is 6.07 Å². The van der Waals surface area contributed by atoms with Gasteiger partial charge in [0.2, 0.25) is 0 Å². The summed E-state index contributed by atoms with van der Waals surface area (Å²) in [6, 6.07) is 1.86. The van der Waals surface area contributed by atoms with Crippen molar-refractivity contribution in [3.63, 3.8) is 0 Å². The Morgan fingerprint density at radius 3 is 2.61 bits per heavy atom. The topological polar surface area (TPSA) is 63.4 Å². The monoisotopic (exact) mass is 292 g/mol. The summed E-state index contributed by atoms with van der Waals surface area (Å²) in [6.07, 6.45) is 0. The standard InChI is InChI=1S/C11H18Cl2N4O/c1-7(2)17(4-5-18-3)11-9(13)6-8(12)10(15-11)16-14/h6-7H,4-5,14H2,1-3H3,(H,15,16). The van der Waals surface area contributed by atoms with Gasteiger partial charge in [-0.2, -0.15) is 0 Å². The molecule has 1 aromatic rings. The van der Waals surface area contributed by atoms with E-state index < -0.39 is 0 Å². The molecule has 18 heavy (non-hydrogen) atoms. The Balaban J connectivity index is 3.10. The molecule has 0 amide bonds. The Bertz CT molecular complexity index is 401. The molecule has 102 valence electrons. The summed E-state index contributed by atoms with van der Waals surface area (Å²) >= 11 is 12.1. The van der Waals surface area contributed by atoms with E-state index in [0.29, 0.717) is 34.8 Å². The minimum atomic E-state index is 0.233. The van der Waals surface area contributed by atoms with Gasteiger partial charge in [-0.3, -0.25) is 0 Å². The molecule has 1 rings (SSSR count). The van der Waals surface area contributed by atoms with Crippen LogP contribution in [-0.2, 0) is 4.74 Å². The van der Waals surface area contributed by atoms with E-state index in [4.69, 9.17) is 33.8 Å². The summed E-state index contributed by atoms with van der Waals surface area (Å²) in [5.41, 5.74) is 2.45. The lowest BCUT2D eigenvalue weighted by Crippen LogP contribution is -2.35. The Morgan fingerprint density at radius 2 is 2.11 bits per heavy atom. The molecule has 0 spiro atoms. The van der Waals surface area contributed by atoms with Crippen molar-refractivity contribution in [2.45, 2.75) is 19.9 Å². The molecule has 0 saturated carbocycles. The van der Waals surface area contributed by atoms with E-state index in [1.54, 1.807) is 13.2 Å². The van der Waals surface area contributed by atoms with Gasteiger partial charge in [0.15, 0.2) is 5.82 Å². The number of hydrazine groups is 1. The number of ether oxygens (including phenoxy) is 1. The van der Waals surface area contributed by atoms with E-state index >= 15 is 0 Å². The van der Waals surface area contributed by atoms with Crippen LogP contribution in [0.25, 0.3) is 0 Å². The third-order valence-corrected chi connectivity index (χ3v) is 3.05. The molecule has 5 nitrogen and oxygen atoms in total. The zero-order chi connectivity index (χ0) is 13.7. The Labute approximate surface area is 117 Å². The molecular formula is C11H18Cl2N4O. The van der Waals surface area contributed by atoms with Crippen LogP contribution in [0, 0.1) is 0 Å². The van der Waals surface area contributed by atoms with E-state index in [-0.39, 0.29) is 6.04 Å². The SMILES string of the molecule is COCCN(c1nc(NN)c(Cl)cc1Cl)C(C)C. The van der Waals surface area contributed by atoms with Gasteiger partial charge in [-0.15, -0.1) is 0 Å². The molecule has 0 saturated heterocycles. The number of halogens is 2. The molecule has 0 aliphatic carbocycles. The highest BCUT2D eigenvalue weighted by atomic mass is 35.5. The Morgan fingerprint density at radius 1 is 1.44 bits per heavy atom. The van der Waals surface area contributed by atoms with Crippen LogP contribution in [0.2, 0.25) is 10.0 Å². The molecule has 7 heteroatoms. The van der Waals surface area contributed by atoms with Crippen LogP contribution >= 0.6 is 23.2 Å². The number of rotatable bonds is 6. The summed E-state index contributed by atoms with van der Waals surface area (Å²) < 4.78 is 5.09. The fourth-order valence-electron chi connectivity index (χ4n) is 1.56. The molecule has 1 aromatic heterocycles. The number of anilines is 2. The average Bonchev–Trinajstić information content (AvgIpc) is 2.31. The van der Waals surface area contributed by atoms with E-state index in [2.05, 4.69) is 24.3 Å². The number of nitrogens with one attached hydrogen (secondary N) is 1. The molecule has 0 aliphatic heterocycles. The molecule has 0 unspecified atom stereocenters. The molecule has 0 radical (unpaired) electrons. The zero-order valence-corrected chi connectivity index (χ0v) is 12.2. The number of pyridine rings is 1. The number of nitrogens with zero attached hydrogens (tertiary/aromatic N) is 2. The number of hydrogen-bond acceptors (Lipinski definition) is 5. The first-order chi connectivity index (χ1) is 8.51. The number of nitrogens with two attached hydrogens (primary N) is 1. The van der Waals surface area contributed by atoms with Gasteiger partial charge in [-0.25, -0.2) is 10.8 Å². The molecular weight excluding hydrogens is 275 g/mol. The second-order valence-electron chi connectivity index (χ2n) is 4.05. The zero-order valence-electron chi connectivity index (χ0n) is 10.7. The summed E-state index contributed by atoms with van der Waals surface area (Å²) in [6.45, 7) is 5.38. The highest BCUT2D eigenvalue weighted by Gasteiger charge is 2.17. The summed E-state index contributed by atoms with van der Waals surface area (Å²) in [5.74, 6) is 6.40. The lowest BCUT2D eigenvalue weighted by atomic mass is 10.3. The first-order valence-corrected chi connectivity index (χ1v) is 6.35. The van der Waals surface area contributed by atoms with Crippen molar-refractivity contribution in [1.29, 1.82) is 0 Å². The number of aromatic nitrogens is 1. The van der Waals surface area contributed by atoms with Gasteiger partial charge < -0.3 is 15.1 Å². The Hall–Kier alpha value is -0.750.